The van der Waals surface area contributed by atoms with E-state index in [9.17, 15) is 0 Å². The Kier molecular flexibility index (Phi) is 5.10. The number of anilines is 3. The minimum atomic E-state index is 0.191. The molecule has 0 saturated heterocycles. The lowest BCUT2D eigenvalue weighted by Crippen LogP contribution is -2.04. The summed E-state index contributed by atoms with van der Waals surface area (Å²) in [7, 11) is 3.22. The van der Waals surface area contributed by atoms with Gasteiger partial charge in [0.05, 0.1) is 25.4 Å². The molecule has 0 fully saturated rings. The maximum atomic E-state index is 5.94. The van der Waals surface area contributed by atoms with Crippen molar-refractivity contribution in [2.24, 2.45) is 0 Å². The van der Waals surface area contributed by atoms with E-state index in [-0.39, 0.29) is 5.95 Å². The zero-order chi connectivity index (χ0) is 21.3. The Morgan fingerprint density at radius 3 is 2.43 bits per heavy atom. The van der Waals surface area contributed by atoms with E-state index in [0.29, 0.717) is 28.4 Å². The molecule has 0 aliphatic carbocycles. The van der Waals surface area contributed by atoms with Crippen molar-refractivity contribution in [3.8, 4) is 22.8 Å². The molecule has 7 heteroatoms. The predicted molar refractivity (Wildman–Crippen MR) is 119 cm³/mol. The van der Waals surface area contributed by atoms with Crippen LogP contribution < -0.4 is 20.5 Å². The quantitative estimate of drug-likeness (QED) is 0.502. The second kappa shape index (κ2) is 7.87. The number of ether oxygens (including phenoxy) is 2. The predicted octanol–water partition coefficient (Wildman–Crippen LogP) is 4.65. The smallest absolute Gasteiger partial charge is 0.222 e. The number of nitrogens with zero attached hydrogens (tertiary/aromatic N) is 3. The largest absolute Gasteiger partial charge is 0.493 e. The van der Waals surface area contributed by atoms with Gasteiger partial charge in [-0.1, -0.05) is 12.1 Å². The highest BCUT2D eigenvalue weighted by Gasteiger charge is 2.13. The fourth-order valence-electron chi connectivity index (χ4n) is 3.29. The molecule has 0 spiro atoms. The monoisotopic (exact) mass is 401 g/mol. The van der Waals surface area contributed by atoms with Crippen LogP contribution in [0.4, 0.5) is 17.5 Å². The highest BCUT2D eigenvalue weighted by molar-refractivity contribution is 5.90. The van der Waals surface area contributed by atoms with E-state index in [1.165, 1.54) is 5.56 Å². The van der Waals surface area contributed by atoms with Crippen molar-refractivity contribution in [2.45, 2.75) is 13.8 Å². The summed E-state index contributed by atoms with van der Waals surface area (Å²) >= 11 is 0. The molecule has 7 nitrogen and oxygen atoms in total. The third kappa shape index (κ3) is 3.57. The van der Waals surface area contributed by atoms with Crippen molar-refractivity contribution in [1.29, 1.82) is 0 Å². The second-order valence-corrected chi connectivity index (χ2v) is 6.94. The van der Waals surface area contributed by atoms with E-state index in [1.807, 2.05) is 42.5 Å². The van der Waals surface area contributed by atoms with Crippen LogP contribution in [0, 0.1) is 13.8 Å². The molecule has 4 aromatic rings. The van der Waals surface area contributed by atoms with E-state index in [0.717, 1.165) is 22.5 Å². The molecular weight excluding hydrogens is 378 g/mol. The SMILES string of the molecule is COc1ccc(-c2ccc3nc(N)nc(Nc4cccc(C)c4C)c3n2)cc1OC. The molecule has 152 valence electrons. The van der Waals surface area contributed by atoms with Crippen molar-refractivity contribution < 1.29 is 9.47 Å². The van der Waals surface area contributed by atoms with Gasteiger partial charge in [0.15, 0.2) is 17.3 Å². The zero-order valence-electron chi connectivity index (χ0n) is 17.4. The Morgan fingerprint density at radius 2 is 1.67 bits per heavy atom. The number of hydrogen-bond donors (Lipinski definition) is 2. The van der Waals surface area contributed by atoms with E-state index in [1.54, 1.807) is 14.2 Å². The number of hydrogen-bond acceptors (Lipinski definition) is 7. The van der Waals surface area contributed by atoms with Crippen LogP contribution in [0.2, 0.25) is 0 Å². The molecule has 4 rings (SSSR count). The fourth-order valence-corrected chi connectivity index (χ4v) is 3.29. The summed E-state index contributed by atoms with van der Waals surface area (Å²) in [6.07, 6.45) is 0. The molecule has 0 aliphatic heterocycles. The van der Waals surface area contributed by atoms with Gasteiger partial charge in [0.2, 0.25) is 5.95 Å². The second-order valence-electron chi connectivity index (χ2n) is 6.94. The summed E-state index contributed by atoms with van der Waals surface area (Å²) in [6, 6.07) is 15.5. The number of methoxy groups -OCH3 is 2. The van der Waals surface area contributed by atoms with Crippen LogP contribution in [0.15, 0.2) is 48.5 Å². The van der Waals surface area contributed by atoms with E-state index < -0.39 is 0 Å². The molecule has 2 heterocycles. The average molecular weight is 401 g/mol. The van der Waals surface area contributed by atoms with Gasteiger partial charge in [0, 0.05) is 11.3 Å². The van der Waals surface area contributed by atoms with Crippen LogP contribution in [-0.4, -0.2) is 29.2 Å². The standard InChI is InChI=1S/C23H23N5O2/c1-13-6-5-7-16(14(13)2)26-22-21-18(27-23(24)28-22)10-9-17(25-21)15-8-11-19(29-3)20(12-15)30-4/h5-12H,1-4H3,(H3,24,26,27,28). The first-order chi connectivity index (χ1) is 14.5. The van der Waals surface area contributed by atoms with Crippen LogP contribution in [0.5, 0.6) is 11.5 Å². The molecule has 2 aromatic carbocycles. The highest BCUT2D eigenvalue weighted by atomic mass is 16.5. The van der Waals surface area contributed by atoms with Crippen LogP contribution in [0.3, 0.4) is 0 Å². The van der Waals surface area contributed by atoms with Crippen molar-refractivity contribution in [1.82, 2.24) is 15.0 Å². The lowest BCUT2D eigenvalue weighted by Gasteiger charge is -2.13. The number of benzene rings is 2. The Labute approximate surface area is 174 Å². The summed E-state index contributed by atoms with van der Waals surface area (Å²) in [4.78, 5) is 13.6. The lowest BCUT2D eigenvalue weighted by molar-refractivity contribution is 0.355. The van der Waals surface area contributed by atoms with Gasteiger partial charge in [-0.3, -0.25) is 0 Å². The summed E-state index contributed by atoms with van der Waals surface area (Å²) in [6.45, 7) is 4.13. The molecule has 0 amide bonds. The van der Waals surface area contributed by atoms with Gasteiger partial charge in [-0.15, -0.1) is 0 Å². The number of aryl methyl sites for hydroxylation is 1. The Bertz CT molecular complexity index is 1240. The van der Waals surface area contributed by atoms with E-state index in [4.69, 9.17) is 20.2 Å². The first kappa shape index (κ1) is 19.4. The van der Waals surface area contributed by atoms with Gasteiger partial charge in [0.25, 0.3) is 0 Å². The van der Waals surface area contributed by atoms with Gasteiger partial charge in [-0.05, 0) is 61.4 Å². The van der Waals surface area contributed by atoms with Crippen LogP contribution >= 0.6 is 0 Å². The highest BCUT2D eigenvalue weighted by Crippen LogP contribution is 2.33. The van der Waals surface area contributed by atoms with Crippen LogP contribution in [-0.2, 0) is 0 Å². The van der Waals surface area contributed by atoms with E-state index in [2.05, 4.69) is 35.2 Å². The number of fused-ring (bicyclic) bond motifs is 1. The van der Waals surface area contributed by atoms with Gasteiger partial charge >= 0.3 is 0 Å². The molecule has 0 atom stereocenters. The number of aromatic nitrogens is 3. The van der Waals surface area contributed by atoms with Crippen molar-refractivity contribution >= 4 is 28.5 Å². The summed E-state index contributed by atoms with van der Waals surface area (Å²) in [5.41, 5.74) is 12.2. The molecule has 0 saturated carbocycles. The Morgan fingerprint density at radius 1 is 0.867 bits per heavy atom. The Hall–Kier alpha value is -3.87. The minimum absolute atomic E-state index is 0.191. The zero-order valence-corrected chi connectivity index (χ0v) is 17.4. The van der Waals surface area contributed by atoms with E-state index >= 15 is 0 Å². The lowest BCUT2D eigenvalue weighted by atomic mass is 10.1. The van der Waals surface area contributed by atoms with Gasteiger partial charge in [0.1, 0.15) is 5.52 Å². The molecule has 0 aliphatic rings. The van der Waals surface area contributed by atoms with Crippen molar-refractivity contribution in [2.75, 3.05) is 25.3 Å². The number of rotatable bonds is 5. The van der Waals surface area contributed by atoms with Crippen LogP contribution in [0.1, 0.15) is 11.1 Å². The number of pyridine rings is 1. The topological polar surface area (TPSA) is 95.2 Å². The number of nitrogens with two attached hydrogens (primary N) is 1. The Balaban J connectivity index is 1.83. The van der Waals surface area contributed by atoms with Crippen molar-refractivity contribution in [3.05, 3.63) is 59.7 Å². The van der Waals surface area contributed by atoms with Gasteiger partial charge < -0.3 is 20.5 Å². The molecule has 3 N–H and O–H groups in total. The minimum Gasteiger partial charge on any atom is -0.493 e. The third-order valence-electron chi connectivity index (χ3n) is 5.10. The fraction of sp³-hybridized carbons (Fsp3) is 0.174. The normalized spacial score (nSPS) is 10.8. The number of nitrogens with one attached hydrogen (secondary N) is 1. The molecular formula is C23H23N5O2. The first-order valence-electron chi connectivity index (χ1n) is 9.50. The third-order valence-corrected chi connectivity index (χ3v) is 5.10. The maximum Gasteiger partial charge on any atom is 0.222 e. The van der Waals surface area contributed by atoms with Crippen LogP contribution in [0.25, 0.3) is 22.3 Å². The first-order valence-corrected chi connectivity index (χ1v) is 9.50. The van der Waals surface area contributed by atoms with Gasteiger partial charge in [-0.25, -0.2) is 9.97 Å². The average Bonchev–Trinajstić information content (AvgIpc) is 2.76. The molecule has 30 heavy (non-hydrogen) atoms. The molecule has 0 unspecified atom stereocenters. The molecule has 0 radical (unpaired) electrons. The summed E-state index contributed by atoms with van der Waals surface area (Å²) < 4.78 is 10.7. The summed E-state index contributed by atoms with van der Waals surface area (Å²) in [5, 5.41) is 3.38. The van der Waals surface area contributed by atoms with Gasteiger partial charge in [-0.2, -0.15) is 4.98 Å². The summed E-state index contributed by atoms with van der Waals surface area (Å²) in [5.74, 6) is 2.05. The number of nitrogen functional groups attached to an aromatic ring is 1. The molecule has 2 aromatic heterocycles. The maximum absolute atomic E-state index is 5.94. The van der Waals surface area contributed by atoms with Crippen molar-refractivity contribution in [3.63, 3.8) is 0 Å². The molecule has 0 bridgehead atoms.